The van der Waals surface area contributed by atoms with E-state index in [1.165, 1.54) is 12.4 Å². The number of H-pyrrole nitrogens is 1. The molecule has 0 bridgehead atoms. The molecule has 0 aliphatic carbocycles. The second-order valence-corrected chi connectivity index (χ2v) is 6.20. The number of anilines is 1. The molecule has 0 saturated heterocycles. The van der Waals surface area contributed by atoms with Gasteiger partial charge < -0.3 is 10.3 Å². The maximum absolute atomic E-state index is 13.3. The van der Waals surface area contributed by atoms with Crippen LogP contribution in [0.4, 0.5) is 19.0 Å². The first-order chi connectivity index (χ1) is 13.4. The topological polar surface area (TPSA) is 79.4 Å². The fourth-order valence-electron chi connectivity index (χ4n) is 2.80. The summed E-state index contributed by atoms with van der Waals surface area (Å²) in [7, 11) is 0. The van der Waals surface area contributed by atoms with Crippen LogP contribution < -0.4 is 5.32 Å². The average Bonchev–Trinajstić information content (AvgIpc) is 3.11. The van der Waals surface area contributed by atoms with Crippen LogP contribution in [0.3, 0.4) is 0 Å². The number of nitrogens with zero attached hydrogens (tertiary/aromatic N) is 4. The van der Waals surface area contributed by atoms with Gasteiger partial charge in [0.2, 0.25) is 0 Å². The molecule has 3 aromatic heterocycles. The summed E-state index contributed by atoms with van der Waals surface area (Å²) in [6, 6.07) is 9.75. The summed E-state index contributed by atoms with van der Waals surface area (Å²) in [5, 5.41) is 2.90. The first kappa shape index (κ1) is 17.9. The highest BCUT2D eigenvalue weighted by molar-refractivity contribution is 5.78. The number of aromatic nitrogens is 5. The first-order valence-corrected chi connectivity index (χ1v) is 8.45. The van der Waals surface area contributed by atoms with Crippen LogP contribution in [0.5, 0.6) is 0 Å². The van der Waals surface area contributed by atoms with Crippen molar-refractivity contribution in [3.63, 3.8) is 0 Å². The van der Waals surface area contributed by atoms with E-state index in [-0.39, 0.29) is 18.2 Å². The molecule has 0 aliphatic rings. The fourth-order valence-corrected chi connectivity index (χ4v) is 2.80. The average molecular weight is 384 g/mol. The van der Waals surface area contributed by atoms with E-state index in [1.54, 1.807) is 12.1 Å². The molecule has 0 unspecified atom stereocenters. The molecule has 0 atom stereocenters. The van der Waals surface area contributed by atoms with Crippen LogP contribution in [0, 0.1) is 6.92 Å². The summed E-state index contributed by atoms with van der Waals surface area (Å²) in [5.41, 5.74) is 2.14. The lowest BCUT2D eigenvalue weighted by atomic mass is 10.2. The van der Waals surface area contributed by atoms with Crippen LogP contribution in [0.1, 0.15) is 17.1 Å². The predicted molar refractivity (Wildman–Crippen MR) is 98.4 cm³/mol. The molecule has 0 saturated carbocycles. The Balaban J connectivity index is 1.65. The van der Waals surface area contributed by atoms with Crippen molar-refractivity contribution >= 4 is 16.9 Å². The summed E-state index contributed by atoms with van der Waals surface area (Å²) >= 11 is 0. The van der Waals surface area contributed by atoms with Gasteiger partial charge in [0, 0.05) is 24.0 Å². The highest BCUT2D eigenvalue weighted by Crippen LogP contribution is 2.30. The van der Waals surface area contributed by atoms with Gasteiger partial charge in [0.25, 0.3) is 0 Å². The van der Waals surface area contributed by atoms with Crippen molar-refractivity contribution in [2.45, 2.75) is 19.6 Å². The van der Waals surface area contributed by atoms with Crippen LogP contribution in [-0.4, -0.2) is 24.9 Å². The molecular formula is C19H15F3N6. The number of benzene rings is 1. The zero-order chi connectivity index (χ0) is 19.7. The summed E-state index contributed by atoms with van der Waals surface area (Å²) in [4.78, 5) is 19.4. The van der Waals surface area contributed by atoms with Gasteiger partial charge in [-0.2, -0.15) is 13.2 Å². The normalized spacial score (nSPS) is 11.7. The number of halogens is 3. The minimum absolute atomic E-state index is 0.0276. The first-order valence-electron chi connectivity index (χ1n) is 8.45. The molecular weight excluding hydrogens is 369 g/mol. The van der Waals surface area contributed by atoms with Crippen molar-refractivity contribution in [2.24, 2.45) is 0 Å². The molecule has 4 aromatic rings. The Morgan fingerprint density at radius 2 is 1.82 bits per heavy atom. The van der Waals surface area contributed by atoms with E-state index in [4.69, 9.17) is 0 Å². The quantitative estimate of drug-likeness (QED) is 0.547. The lowest BCUT2D eigenvalue weighted by Gasteiger charge is -2.11. The number of aromatic amines is 1. The van der Waals surface area contributed by atoms with Crippen molar-refractivity contribution in [3.8, 4) is 11.4 Å². The molecule has 2 N–H and O–H groups in total. The summed E-state index contributed by atoms with van der Waals surface area (Å²) in [6.45, 7) is 2.14. The Kier molecular flexibility index (Phi) is 4.42. The lowest BCUT2D eigenvalue weighted by molar-refractivity contribution is -0.141. The van der Waals surface area contributed by atoms with E-state index in [9.17, 15) is 13.2 Å². The van der Waals surface area contributed by atoms with Gasteiger partial charge in [0.15, 0.2) is 11.5 Å². The van der Waals surface area contributed by atoms with Gasteiger partial charge in [-0.15, -0.1) is 0 Å². The molecule has 1 aromatic carbocycles. The standard InChI is InChI=1S/C19H15F3N6/c1-11-3-2-4-13-17(11)27-16(25-13)10-24-15-9-14(19(20,21)22)26-18(28-15)12-5-7-23-8-6-12/h2-9H,10H2,1H3,(H,25,27)(H,24,26,28). The van der Waals surface area contributed by atoms with E-state index in [2.05, 4.69) is 30.2 Å². The third kappa shape index (κ3) is 3.64. The van der Waals surface area contributed by atoms with Crippen molar-refractivity contribution in [1.29, 1.82) is 0 Å². The van der Waals surface area contributed by atoms with Crippen LogP contribution in [-0.2, 0) is 12.7 Å². The number of para-hydroxylation sites is 1. The number of nitrogens with one attached hydrogen (secondary N) is 2. The van der Waals surface area contributed by atoms with E-state index in [1.807, 2.05) is 25.1 Å². The molecule has 6 nitrogen and oxygen atoms in total. The van der Waals surface area contributed by atoms with Crippen molar-refractivity contribution in [2.75, 3.05) is 5.32 Å². The predicted octanol–water partition coefficient (Wildman–Crippen LogP) is 4.35. The summed E-state index contributed by atoms with van der Waals surface area (Å²) < 4.78 is 39.8. The molecule has 0 radical (unpaired) electrons. The SMILES string of the molecule is Cc1cccc2[nH]c(CNc3cc(C(F)(F)F)nc(-c4ccncc4)n3)nc12. The second-order valence-electron chi connectivity index (χ2n) is 6.20. The number of fused-ring (bicyclic) bond motifs is 1. The summed E-state index contributed by atoms with van der Waals surface area (Å²) in [5.74, 6) is 0.633. The molecule has 28 heavy (non-hydrogen) atoms. The molecule has 0 aliphatic heterocycles. The molecule has 0 fully saturated rings. The zero-order valence-electron chi connectivity index (χ0n) is 14.7. The Hall–Kier alpha value is -3.49. The van der Waals surface area contributed by atoms with E-state index < -0.39 is 11.9 Å². The molecule has 4 rings (SSSR count). The Morgan fingerprint density at radius 3 is 2.54 bits per heavy atom. The van der Waals surface area contributed by atoms with Crippen LogP contribution >= 0.6 is 0 Å². The molecule has 9 heteroatoms. The monoisotopic (exact) mass is 384 g/mol. The third-order valence-electron chi connectivity index (χ3n) is 4.16. The van der Waals surface area contributed by atoms with Gasteiger partial charge in [-0.3, -0.25) is 4.98 Å². The van der Waals surface area contributed by atoms with E-state index >= 15 is 0 Å². The van der Waals surface area contributed by atoms with Crippen molar-refractivity contribution in [3.05, 3.63) is 65.9 Å². The van der Waals surface area contributed by atoms with Gasteiger partial charge in [-0.1, -0.05) is 12.1 Å². The minimum atomic E-state index is -4.59. The zero-order valence-corrected chi connectivity index (χ0v) is 14.7. The van der Waals surface area contributed by atoms with Crippen LogP contribution in [0.15, 0.2) is 48.8 Å². The van der Waals surface area contributed by atoms with Gasteiger partial charge in [-0.05, 0) is 30.7 Å². The fraction of sp³-hybridized carbons (Fsp3) is 0.158. The van der Waals surface area contributed by atoms with Gasteiger partial charge in [0.1, 0.15) is 11.6 Å². The number of pyridine rings is 1. The molecule has 3 heterocycles. The van der Waals surface area contributed by atoms with Gasteiger partial charge >= 0.3 is 6.18 Å². The molecule has 0 spiro atoms. The maximum Gasteiger partial charge on any atom is 0.433 e. The Bertz CT molecular complexity index is 1120. The number of hydrogen-bond donors (Lipinski definition) is 2. The summed E-state index contributed by atoms with van der Waals surface area (Å²) in [6.07, 6.45) is -1.64. The minimum Gasteiger partial charge on any atom is -0.363 e. The number of imidazole rings is 1. The molecule has 0 amide bonds. The molecule has 142 valence electrons. The number of hydrogen-bond acceptors (Lipinski definition) is 5. The van der Waals surface area contributed by atoms with Crippen molar-refractivity contribution in [1.82, 2.24) is 24.9 Å². The Labute approximate surface area is 157 Å². The Morgan fingerprint density at radius 1 is 1.04 bits per heavy atom. The highest BCUT2D eigenvalue weighted by atomic mass is 19.4. The largest absolute Gasteiger partial charge is 0.433 e. The van der Waals surface area contributed by atoms with Gasteiger partial charge in [0.05, 0.1) is 17.6 Å². The van der Waals surface area contributed by atoms with Crippen molar-refractivity contribution < 1.29 is 13.2 Å². The number of alkyl halides is 3. The highest BCUT2D eigenvalue weighted by Gasteiger charge is 2.33. The maximum atomic E-state index is 13.3. The second kappa shape index (κ2) is 6.91. The number of rotatable bonds is 4. The lowest BCUT2D eigenvalue weighted by Crippen LogP contribution is -2.12. The van der Waals surface area contributed by atoms with Crippen LogP contribution in [0.2, 0.25) is 0 Å². The third-order valence-corrected chi connectivity index (χ3v) is 4.16. The van der Waals surface area contributed by atoms with Gasteiger partial charge in [-0.25, -0.2) is 15.0 Å². The van der Waals surface area contributed by atoms with E-state index in [0.29, 0.717) is 11.4 Å². The number of aryl methyl sites for hydroxylation is 1. The van der Waals surface area contributed by atoms with Crippen LogP contribution in [0.25, 0.3) is 22.4 Å². The smallest absolute Gasteiger partial charge is 0.363 e. The van der Waals surface area contributed by atoms with E-state index in [0.717, 1.165) is 22.7 Å².